The highest BCUT2D eigenvalue weighted by Crippen LogP contribution is 2.44. The first-order valence-corrected chi connectivity index (χ1v) is 29.1. The molecule has 6 aliphatic heterocycles. The Bertz CT molecular complexity index is 2130. The van der Waals surface area contributed by atoms with Gasteiger partial charge in [0.15, 0.2) is 0 Å². The molecule has 6 fully saturated rings. The van der Waals surface area contributed by atoms with E-state index in [-0.39, 0.29) is 141 Å². The summed E-state index contributed by atoms with van der Waals surface area (Å²) in [5, 5.41) is 15.3. The van der Waals surface area contributed by atoms with Gasteiger partial charge in [-0.05, 0) is 104 Å². The molecule has 18 heteroatoms. The minimum Gasteiger partial charge on any atom is -0.469 e. The number of allylic oxidation sites excluding steroid dienone is 4. The molecule has 3 N–H and O–H groups in total. The van der Waals surface area contributed by atoms with Gasteiger partial charge in [0.05, 0.1) is 118 Å². The lowest BCUT2D eigenvalue weighted by Gasteiger charge is -2.39. The van der Waals surface area contributed by atoms with Gasteiger partial charge < -0.3 is 58.4 Å². The fourth-order valence-electron chi connectivity index (χ4n) is 10.4. The second-order valence-electron chi connectivity index (χ2n) is 22.2. The number of esters is 3. The summed E-state index contributed by atoms with van der Waals surface area (Å²) in [6, 6.07) is -0.156. The Kier molecular flexibility index (Phi) is 29.5. The van der Waals surface area contributed by atoms with Crippen LogP contribution in [0.15, 0.2) is 71.9 Å². The topological polar surface area (TPSA) is 219 Å². The van der Waals surface area contributed by atoms with Crippen molar-refractivity contribution in [2.45, 2.75) is 232 Å². The number of methoxy groups -OCH3 is 2. The Morgan fingerprint density at radius 2 is 1.09 bits per heavy atom. The number of thioether (sulfide) groups is 1. The smallest absolute Gasteiger partial charge is 0.308 e. The maximum Gasteiger partial charge on any atom is 0.308 e. The summed E-state index contributed by atoms with van der Waals surface area (Å²) in [5.41, 5.74) is 1.92. The van der Waals surface area contributed by atoms with Crippen molar-refractivity contribution in [1.29, 1.82) is 0 Å². The maximum absolute atomic E-state index is 12.5. The third kappa shape index (κ3) is 24.5. The van der Waals surface area contributed by atoms with E-state index in [1.54, 1.807) is 31.7 Å². The third-order valence-corrected chi connectivity index (χ3v) is 15.8. The Balaban J connectivity index is 0.000000411. The first-order valence-electron chi connectivity index (χ1n) is 27.7. The summed E-state index contributed by atoms with van der Waals surface area (Å²) in [7, 11) is 2.79. The zero-order valence-electron chi connectivity index (χ0n) is 47.5. The predicted octanol–water partition coefficient (Wildman–Crippen LogP) is 8.95. The lowest BCUT2D eigenvalue weighted by molar-refractivity contribution is -0.148. The predicted molar refractivity (Wildman–Crippen MR) is 308 cm³/mol. The molecule has 17 nitrogen and oxygen atoms in total. The molecule has 6 aliphatic rings. The molecule has 79 heavy (non-hydrogen) atoms. The third-order valence-electron chi connectivity index (χ3n) is 15.1. The molecular formula is C61H98N2O15S. The van der Waals surface area contributed by atoms with Gasteiger partial charge in [0.25, 0.3) is 0 Å². The van der Waals surface area contributed by atoms with Crippen molar-refractivity contribution >= 4 is 41.5 Å². The van der Waals surface area contributed by atoms with E-state index >= 15 is 0 Å². The average molecular weight is 1130 g/mol. The van der Waals surface area contributed by atoms with Crippen LogP contribution in [0, 0.1) is 11.8 Å². The van der Waals surface area contributed by atoms with E-state index in [9.17, 15) is 29.1 Å². The van der Waals surface area contributed by atoms with Gasteiger partial charge in [0.2, 0.25) is 11.8 Å². The highest BCUT2D eigenvalue weighted by Gasteiger charge is 2.52. The van der Waals surface area contributed by atoms with Gasteiger partial charge in [-0.1, -0.05) is 82.4 Å². The second-order valence-corrected chi connectivity index (χ2v) is 23.2. The average Bonchev–Trinajstić information content (AvgIpc) is 4.43. The summed E-state index contributed by atoms with van der Waals surface area (Å²) in [4.78, 5) is 59.9. The zero-order valence-corrected chi connectivity index (χ0v) is 48.4. The normalized spacial score (nSPS) is 33.3. The Morgan fingerprint density at radius 1 is 0.658 bits per heavy atom. The van der Waals surface area contributed by atoms with Gasteiger partial charge in [0.1, 0.15) is 6.10 Å². The maximum atomic E-state index is 12.5. The van der Waals surface area contributed by atoms with E-state index in [4.69, 9.17) is 42.6 Å². The molecule has 0 radical (unpaired) electrons. The van der Waals surface area contributed by atoms with Crippen molar-refractivity contribution in [2.24, 2.45) is 11.8 Å². The molecule has 0 aliphatic carbocycles. The molecule has 0 saturated carbocycles. The van der Waals surface area contributed by atoms with Crippen molar-refractivity contribution in [1.82, 2.24) is 10.6 Å². The van der Waals surface area contributed by atoms with Crippen molar-refractivity contribution < 1.29 is 71.7 Å². The SMILES string of the molecule is C.C.COC(=O)C[C@@H]1C[C@@]2(CO2)C[C@@H](/C=C/C(C)=C/C[C@@H]2O[C@H](C)[C@H](NC(=O)/C=C\[C@H](C)O)C[C@@H]2C)O1.COC(=O)C[C@@H]1C[C@@]2(CO2)C[C@@H](/C=C/C(C)=C/C[C@@H]2O[C@H](C)[C@H](NC(=O)/C=C\[C@H](C)OC(=O)CCCSC)C[C@@H]2C)O1. The van der Waals surface area contributed by atoms with Crippen LogP contribution in [-0.4, -0.2) is 159 Å². The van der Waals surface area contributed by atoms with Crippen LogP contribution in [0.3, 0.4) is 0 Å². The summed E-state index contributed by atoms with van der Waals surface area (Å²) in [5.74, 6) is 0.261. The molecule has 448 valence electrons. The first-order chi connectivity index (χ1) is 36.6. The minimum absolute atomic E-state index is 0. The van der Waals surface area contributed by atoms with Crippen LogP contribution >= 0.6 is 11.8 Å². The molecule has 6 rings (SSSR count). The van der Waals surface area contributed by atoms with E-state index in [0.717, 1.165) is 81.3 Å². The van der Waals surface area contributed by atoms with Crippen LogP contribution in [0.4, 0.5) is 0 Å². The Labute approximate surface area is 476 Å². The monoisotopic (exact) mass is 1130 g/mol. The number of carbonyl (C=O) groups excluding carboxylic acids is 5. The molecule has 2 spiro atoms. The van der Waals surface area contributed by atoms with Crippen LogP contribution in [0.1, 0.15) is 147 Å². The van der Waals surface area contributed by atoms with E-state index < -0.39 is 12.2 Å². The molecule has 6 saturated heterocycles. The molecular weight excluding hydrogens is 1030 g/mol. The Morgan fingerprint density at radius 3 is 1.48 bits per heavy atom. The molecule has 0 aromatic heterocycles. The van der Waals surface area contributed by atoms with E-state index in [2.05, 4.69) is 74.8 Å². The Hall–Kier alpha value is -4.14. The highest BCUT2D eigenvalue weighted by molar-refractivity contribution is 7.98. The molecule has 0 unspecified atom stereocenters. The fourth-order valence-corrected chi connectivity index (χ4v) is 10.8. The molecule has 6 heterocycles. The first kappa shape index (κ1) is 69.1. The molecule has 2 amide bonds. The number of ether oxygens (including phenoxy) is 9. The van der Waals surface area contributed by atoms with Crippen LogP contribution in [0.2, 0.25) is 0 Å². The van der Waals surface area contributed by atoms with Crippen molar-refractivity contribution in [3.63, 3.8) is 0 Å². The number of carbonyl (C=O) groups is 5. The summed E-state index contributed by atoms with van der Waals surface area (Å²) in [6.45, 7) is 17.2. The molecule has 16 atom stereocenters. The number of hydrogen-bond acceptors (Lipinski definition) is 16. The largest absolute Gasteiger partial charge is 0.469 e. The fraction of sp³-hybridized carbons (Fsp3) is 0.721. The van der Waals surface area contributed by atoms with Crippen LogP contribution in [0.5, 0.6) is 0 Å². The highest BCUT2D eigenvalue weighted by atomic mass is 32.2. The van der Waals surface area contributed by atoms with Gasteiger partial charge >= 0.3 is 17.9 Å². The summed E-state index contributed by atoms with van der Waals surface area (Å²) >= 11 is 1.70. The standard InChI is InChI=1S/C32H49NO8S.C27H41NO7.2CH4/c1-21(9-12-25-18-32(20-38-32)19-26(41-25)17-31(36)37-5)10-13-28-22(2)16-27(24(4)40-28)33-29(34)14-11-23(3)39-30(35)8-7-15-42-6;1-17(6-9-21-14-27(16-33-27)15-22(35-21)13-26(31)32-5)7-10-24-18(2)12-23(20(4)34-24)28-25(30)11-8-19(3)29;;/h9-12,14,22-28H,7-8,13,15-20H2,1-6H3,(H,33,34);6-9,11,18-24,29H,10,12-16H2,1-5H3,(H,28,30);2*1H4/b12-9+,14-11-,21-10+;9-6+,11-8-,17-7+;;/t22-,23-,24+,25+,26+,27+,28-,32+;18-,19-,20+,21+,22+,23+,24-,27+;;/m00../s1. The lowest BCUT2D eigenvalue weighted by Crippen LogP contribution is -2.50. The number of epoxide rings is 2. The van der Waals surface area contributed by atoms with Gasteiger partial charge in [-0.2, -0.15) is 11.8 Å². The van der Waals surface area contributed by atoms with Crippen molar-refractivity contribution in [2.75, 3.05) is 39.4 Å². The van der Waals surface area contributed by atoms with Crippen molar-refractivity contribution in [3.05, 3.63) is 71.9 Å². The van der Waals surface area contributed by atoms with Crippen LogP contribution < -0.4 is 10.6 Å². The van der Waals surface area contributed by atoms with E-state index in [0.29, 0.717) is 13.0 Å². The number of aliphatic hydroxyl groups is 1. The van der Waals surface area contributed by atoms with Gasteiger partial charge in [-0.3, -0.25) is 24.0 Å². The molecule has 0 bridgehead atoms. The van der Waals surface area contributed by atoms with Crippen molar-refractivity contribution in [3.8, 4) is 0 Å². The summed E-state index contributed by atoms with van der Waals surface area (Å²) < 4.78 is 51.1. The second kappa shape index (κ2) is 33.7. The molecule has 0 aromatic rings. The minimum atomic E-state index is -0.651. The number of hydrogen-bond donors (Lipinski definition) is 3. The van der Waals surface area contributed by atoms with Gasteiger partial charge in [-0.25, -0.2) is 0 Å². The number of rotatable bonds is 23. The van der Waals surface area contributed by atoms with E-state index in [1.807, 2.05) is 20.1 Å². The molecule has 0 aromatic carbocycles. The number of nitrogens with one attached hydrogen (secondary N) is 2. The lowest BCUT2D eigenvalue weighted by atomic mass is 9.88. The van der Waals surface area contributed by atoms with Crippen LogP contribution in [0.25, 0.3) is 0 Å². The summed E-state index contributed by atoms with van der Waals surface area (Å²) in [6.07, 6.45) is 26.6. The quantitative estimate of drug-likeness (QED) is 0.0217. The zero-order chi connectivity index (χ0) is 56.3. The van der Waals surface area contributed by atoms with E-state index in [1.165, 1.54) is 32.4 Å². The van der Waals surface area contributed by atoms with Gasteiger partial charge in [0, 0.05) is 44.3 Å². The van der Waals surface area contributed by atoms with Gasteiger partial charge in [-0.15, -0.1) is 0 Å². The number of amides is 2. The number of aliphatic hydroxyl groups excluding tert-OH is 1. The van der Waals surface area contributed by atoms with Crippen LogP contribution in [-0.2, 0) is 66.6 Å².